The molecule has 0 aliphatic heterocycles. The minimum Gasteiger partial charge on any atom is -0.492 e. The molecule has 0 spiro atoms. The molecule has 0 amide bonds. The Morgan fingerprint density at radius 3 is 2.73 bits per heavy atom. The van der Waals surface area contributed by atoms with Crippen molar-refractivity contribution in [2.45, 2.75) is 38.1 Å². The highest BCUT2D eigenvalue weighted by Gasteiger charge is 2.29. The molecular weight excluding hydrogens is 186 g/mol. The number of hydrogen-bond acceptors (Lipinski definition) is 2. The van der Waals surface area contributed by atoms with Gasteiger partial charge in [-0.3, -0.25) is 0 Å². The van der Waals surface area contributed by atoms with Crippen LogP contribution in [0, 0.1) is 6.92 Å². The number of ether oxygens (including phenoxy) is 1. The summed E-state index contributed by atoms with van der Waals surface area (Å²) >= 11 is 0. The van der Waals surface area contributed by atoms with Crippen molar-refractivity contribution in [1.82, 2.24) is 0 Å². The van der Waals surface area contributed by atoms with Gasteiger partial charge < -0.3 is 10.5 Å². The average Bonchev–Trinajstić information content (AvgIpc) is 2.63. The van der Waals surface area contributed by atoms with Gasteiger partial charge in [-0.2, -0.15) is 0 Å². The largest absolute Gasteiger partial charge is 0.492 e. The van der Waals surface area contributed by atoms with Crippen molar-refractivity contribution < 1.29 is 4.74 Å². The smallest absolute Gasteiger partial charge is 0.119 e. The highest BCUT2D eigenvalue weighted by molar-refractivity contribution is 5.27. The highest BCUT2D eigenvalue weighted by Crippen LogP contribution is 2.28. The van der Waals surface area contributed by atoms with Crippen molar-refractivity contribution in [3.05, 3.63) is 29.8 Å². The Labute approximate surface area is 91.4 Å². The van der Waals surface area contributed by atoms with E-state index in [1.54, 1.807) is 0 Å². The number of aryl methyl sites for hydroxylation is 1. The molecule has 2 rings (SSSR count). The molecule has 15 heavy (non-hydrogen) atoms. The Morgan fingerprint density at radius 1 is 1.33 bits per heavy atom. The van der Waals surface area contributed by atoms with E-state index in [0.29, 0.717) is 6.61 Å². The Balaban J connectivity index is 1.92. The summed E-state index contributed by atoms with van der Waals surface area (Å²) in [5, 5.41) is 0. The summed E-state index contributed by atoms with van der Waals surface area (Å²) in [5.74, 6) is 0.937. The van der Waals surface area contributed by atoms with E-state index >= 15 is 0 Å². The van der Waals surface area contributed by atoms with Gasteiger partial charge in [-0.1, -0.05) is 25.0 Å². The summed E-state index contributed by atoms with van der Waals surface area (Å²) in [6.07, 6.45) is 4.68. The SMILES string of the molecule is Cc1cccc(OCC2(N)CCCC2)c1. The van der Waals surface area contributed by atoms with E-state index in [9.17, 15) is 0 Å². The van der Waals surface area contributed by atoms with Gasteiger partial charge in [-0.05, 0) is 37.5 Å². The summed E-state index contributed by atoms with van der Waals surface area (Å²) in [7, 11) is 0. The maximum atomic E-state index is 6.22. The minimum absolute atomic E-state index is 0.0796. The van der Waals surface area contributed by atoms with Crippen LogP contribution in [0.15, 0.2) is 24.3 Å². The Morgan fingerprint density at radius 2 is 2.07 bits per heavy atom. The number of benzene rings is 1. The third-order valence-electron chi connectivity index (χ3n) is 3.12. The van der Waals surface area contributed by atoms with Crippen LogP contribution in [0.25, 0.3) is 0 Å². The molecule has 0 unspecified atom stereocenters. The summed E-state index contributed by atoms with van der Waals surface area (Å²) in [6.45, 7) is 2.72. The summed E-state index contributed by atoms with van der Waals surface area (Å²) in [6, 6.07) is 8.13. The normalized spacial score (nSPS) is 19.1. The molecule has 0 aromatic heterocycles. The molecule has 0 radical (unpaired) electrons. The van der Waals surface area contributed by atoms with Gasteiger partial charge in [0, 0.05) is 0 Å². The van der Waals surface area contributed by atoms with E-state index in [1.165, 1.54) is 18.4 Å². The van der Waals surface area contributed by atoms with E-state index in [0.717, 1.165) is 18.6 Å². The highest BCUT2D eigenvalue weighted by atomic mass is 16.5. The second-order valence-corrected chi connectivity index (χ2v) is 4.67. The van der Waals surface area contributed by atoms with Crippen molar-refractivity contribution in [2.75, 3.05) is 6.61 Å². The van der Waals surface area contributed by atoms with Crippen LogP contribution in [-0.2, 0) is 0 Å². The lowest BCUT2D eigenvalue weighted by molar-refractivity contribution is 0.220. The zero-order valence-corrected chi connectivity index (χ0v) is 9.33. The molecule has 2 N–H and O–H groups in total. The molecule has 1 aliphatic carbocycles. The number of rotatable bonds is 3. The third kappa shape index (κ3) is 2.72. The van der Waals surface area contributed by atoms with Crippen molar-refractivity contribution in [2.24, 2.45) is 5.73 Å². The number of hydrogen-bond donors (Lipinski definition) is 1. The van der Waals surface area contributed by atoms with Crippen LogP contribution < -0.4 is 10.5 Å². The van der Waals surface area contributed by atoms with Gasteiger partial charge in [0.15, 0.2) is 0 Å². The van der Waals surface area contributed by atoms with Crippen LogP contribution in [0.2, 0.25) is 0 Å². The second-order valence-electron chi connectivity index (χ2n) is 4.67. The van der Waals surface area contributed by atoms with Gasteiger partial charge in [0.1, 0.15) is 12.4 Å². The Bertz CT molecular complexity index is 329. The molecular formula is C13H19NO. The predicted octanol–water partition coefficient (Wildman–Crippen LogP) is 2.65. The first-order valence-electron chi connectivity index (χ1n) is 5.66. The minimum atomic E-state index is -0.0796. The first kappa shape index (κ1) is 10.5. The second kappa shape index (κ2) is 4.23. The van der Waals surface area contributed by atoms with E-state index < -0.39 is 0 Å². The third-order valence-corrected chi connectivity index (χ3v) is 3.12. The van der Waals surface area contributed by atoms with Gasteiger partial charge in [-0.25, -0.2) is 0 Å². The van der Waals surface area contributed by atoms with Crippen LogP contribution in [0.4, 0.5) is 0 Å². The molecule has 1 aromatic carbocycles. The van der Waals surface area contributed by atoms with Crippen molar-refractivity contribution in [1.29, 1.82) is 0 Å². The molecule has 1 aliphatic rings. The van der Waals surface area contributed by atoms with E-state index in [-0.39, 0.29) is 5.54 Å². The van der Waals surface area contributed by atoms with Crippen LogP contribution >= 0.6 is 0 Å². The van der Waals surface area contributed by atoms with Crippen LogP contribution in [0.3, 0.4) is 0 Å². The predicted molar refractivity (Wildman–Crippen MR) is 62.1 cm³/mol. The molecule has 1 saturated carbocycles. The van der Waals surface area contributed by atoms with Gasteiger partial charge in [0.05, 0.1) is 5.54 Å². The molecule has 82 valence electrons. The standard InChI is InChI=1S/C13H19NO/c1-11-5-4-6-12(9-11)15-10-13(14)7-2-3-8-13/h4-6,9H,2-3,7-8,10,14H2,1H3. The zero-order valence-electron chi connectivity index (χ0n) is 9.33. The van der Waals surface area contributed by atoms with Gasteiger partial charge >= 0.3 is 0 Å². The molecule has 2 heteroatoms. The first-order chi connectivity index (χ1) is 7.18. The van der Waals surface area contributed by atoms with Crippen LogP contribution in [0.5, 0.6) is 5.75 Å². The summed E-state index contributed by atoms with van der Waals surface area (Å²) in [5.41, 5.74) is 7.37. The van der Waals surface area contributed by atoms with Gasteiger partial charge in [0.25, 0.3) is 0 Å². The topological polar surface area (TPSA) is 35.2 Å². The molecule has 0 atom stereocenters. The van der Waals surface area contributed by atoms with Crippen LogP contribution in [0.1, 0.15) is 31.2 Å². The Kier molecular flexibility index (Phi) is 2.96. The lowest BCUT2D eigenvalue weighted by Crippen LogP contribution is -2.42. The van der Waals surface area contributed by atoms with Crippen molar-refractivity contribution >= 4 is 0 Å². The molecule has 0 bridgehead atoms. The average molecular weight is 205 g/mol. The number of nitrogens with two attached hydrogens (primary N) is 1. The molecule has 1 aromatic rings. The summed E-state index contributed by atoms with van der Waals surface area (Å²) in [4.78, 5) is 0. The lowest BCUT2D eigenvalue weighted by Gasteiger charge is -2.23. The molecule has 0 saturated heterocycles. The quantitative estimate of drug-likeness (QED) is 0.823. The fraction of sp³-hybridized carbons (Fsp3) is 0.538. The van der Waals surface area contributed by atoms with E-state index in [4.69, 9.17) is 10.5 Å². The van der Waals surface area contributed by atoms with Gasteiger partial charge in [-0.15, -0.1) is 0 Å². The Hall–Kier alpha value is -1.02. The van der Waals surface area contributed by atoms with E-state index in [1.807, 2.05) is 12.1 Å². The van der Waals surface area contributed by atoms with Crippen molar-refractivity contribution in [3.8, 4) is 5.75 Å². The lowest BCUT2D eigenvalue weighted by atomic mass is 10.0. The maximum absolute atomic E-state index is 6.22. The van der Waals surface area contributed by atoms with Gasteiger partial charge in [0.2, 0.25) is 0 Å². The molecule has 2 nitrogen and oxygen atoms in total. The molecule has 1 fully saturated rings. The molecule has 0 heterocycles. The maximum Gasteiger partial charge on any atom is 0.119 e. The van der Waals surface area contributed by atoms with E-state index in [2.05, 4.69) is 19.1 Å². The fourth-order valence-corrected chi connectivity index (χ4v) is 2.16. The monoisotopic (exact) mass is 205 g/mol. The van der Waals surface area contributed by atoms with Crippen molar-refractivity contribution in [3.63, 3.8) is 0 Å². The zero-order chi connectivity index (χ0) is 10.7. The fourth-order valence-electron chi connectivity index (χ4n) is 2.16. The first-order valence-corrected chi connectivity index (χ1v) is 5.66. The summed E-state index contributed by atoms with van der Waals surface area (Å²) < 4.78 is 5.75. The van der Waals surface area contributed by atoms with Crippen LogP contribution in [-0.4, -0.2) is 12.1 Å².